The van der Waals surface area contributed by atoms with E-state index < -0.39 is 11.8 Å². The van der Waals surface area contributed by atoms with Gasteiger partial charge < -0.3 is 4.74 Å². The Balaban J connectivity index is 1.58. The lowest BCUT2D eigenvalue weighted by molar-refractivity contribution is -0.384. The van der Waals surface area contributed by atoms with Crippen molar-refractivity contribution in [1.29, 1.82) is 0 Å². The van der Waals surface area contributed by atoms with Crippen LogP contribution in [0.4, 0.5) is 5.69 Å². The lowest BCUT2D eigenvalue weighted by Gasteiger charge is -2.34. The van der Waals surface area contributed by atoms with E-state index in [1.54, 1.807) is 12.1 Å². The van der Waals surface area contributed by atoms with Crippen molar-refractivity contribution in [2.75, 3.05) is 0 Å². The molecule has 0 amide bonds. The lowest BCUT2D eigenvalue weighted by Crippen LogP contribution is -2.40. The highest BCUT2D eigenvalue weighted by Gasteiger charge is 2.56. The summed E-state index contributed by atoms with van der Waals surface area (Å²) in [5.41, 5.74) is 9.29. The highest BCUT2D eigenvalue weighted by atomic mass is 16.6. The van der Waals surface area contributed by atoms with Gasteiger partial charge in [-0.25, -0.2) is 4.99 Å². The van der Waals surface area contributed by atoms with Gasteiger partial charge in [-0.1, -0.05) is 128 Å². The number of ether oxygens (including phenoxy) is 1. The van der Waals surface area contributed by atoms with Crippen LogP contribution in [0.1, 0.15) is 47.4 Å². The number of benzene rings is 5. The molecule has 7 rings (SSSR count). The zero-order valence-electron chi connectivity index (χ0n) is 24.3. The number of nitrogens with zero attached hydrogens (tertiary/aromatic N) is 2. The lowest BCUT2D eigenvalue weighted by atomic mass is 9.77. The number of non-ortho nitro benzene ring substituents is 1. The fraction of sp³-hybridized carbons (Fsp3) is 0.103. The van der Waals surface area contributed by atoms with Crippen LogP contribution < -0.4 is 0 Å². The first-order valence-electron chi connectivity index (χ1n) is 14.8. The quantitative estimate of drug-likeness (QED) is 0.144. The Labute approximate surface area is 256 Å². The number of nitro groups is 1. The minimum Gasteiger partial charge on any atom is -0.330 e. The standard InChI is InChI=1S/C39H30N2O3/c1-2-33-34(27-15-7-3-8-16-27)35(28-17-9-4-10-18-28)36(29-19-11-5-12-20-29)39(33)37(30-21-13-6-14-22-30)40-38(44-39)31-23-25-32(26-24-31)41(42)43/h3-26,38H,2H2,1H3/t38-,39+/m1/s1. The average Bonchev–Trinajstić information content (AvgIpc) is 3.62. The number of rotatable bonds is 7. The van der Waals surface area contributed by atoms with Crippen LogP contribution in [-0.4, -0.2) is 16.2 Å². The topological polar surface area (TPSA) is 64.7 Å². The summed E-state index contributed by atoms with van der Waals surface area (Å²) in [6, 6.07) is 48.2. The molecule has 1 heterocycles. The number of hydrogen-bond acceptors (Lipinski definition) is 4. The van der Waals surface area contributed by atoms with Crippen molar-refractivity contribution >= 4 is 28.1 Å². The Morgan fingerprint density at radius 2 is 1.14 bits per heavy atom. The normalized spacial score (nSPS) is 19.5. The second-order valence-electron chi connectivity index (χ2n) is 10.9. The fourth-order valence-electron chi connectivity index (χ4n) is 6.60. The summed E-state index contributed by atoms with van der Waals surface area (Å²) < 4.78 is 7.35. The van der Waals surface area contributed by atoms with E-state index in [1.165, 1.54) is 12.1 Å². The molecule has 0 N–H and O–H groups in total. The number of allylic oxidation sites excluding steroid dienone is 2. The first kappa shape index (κ1) is 27.4. The molecule has 2 atom stereocenters. The van der Waals surface area contributed by atoms with Gasteiger partial charge in [-0.2, -0.15) is 0 Å². The van der Waals surface area contributed by atoms with Crippen molar-refractivity contribution in [2.24, 2.45) is 4.99 Å². The highest BCUT2D eigenvalue weighted by Crippen LogP contribution is 2.60. The molecule has 2 aliphatic rings. The van der Waals surface area contributed by atoms with Gasteiger partial charge in [0.2, 0.25) is 0 Å². The van der Waals surface area contributed by atoms with Gasteiger partial charge in [0, 0.05) is 23.3 Å². The van der Waals surface area contributed by atoms with Gasteiger partial charge >= 0.3 is 0 Å². The van der Waals surface area contributed by atoms with Crippen LogP contribution in [0, 0.1) is 10.1 Å². The molecular formula is C39H30N2O3. The van der Waals surface area contributed by atoms with Crippen LogP contribution in [-0.2, 0) is 4.74 Å². The number of hydrogen-bond donors (Lipinski definition) is 0. The van der Waals surface area contributed by atoms with Gasteiger partial charge in [-0.05, 0) is 57.5 Å². The molecule has 1 spiro atoms. The van der Waals surface area contributed by atoms with E-state index in [-0.39, 0.29) is 10.6 Å². The maximum absolute atomic E-state index is 11.4. The van der Waals surface area contributed by atoms with Crippen molar-refractivity contribution in [3.8, 4) is 0 Å². The summed E-state index contributed by atoms with van der Waals surface area (Å²) in [6.45, 7) is 2.18. The van der Waals surface area contributed by atoms with Gasteiger partial charge in [0.25, 0.3) is 5.69 Å². The van der Waals surface area contributed by atoms with E-state index in [2.05, 4.69) is 91.9 Å². The maximum Gasteiger partial charge on any atom is 0.269 e. The summed E-state index contributed by atoms with van der Waals surface area (Å²) in [7, 11) is 0. The third kappa shape index (κ3) is 4.50. The zero-order valence-corrected chi connectivity index (χ0v) is 24.3. The predicted molar refractivity (Wildman–Crippen MR) is 176 cm³/mol. The summed E-state index contributed by atoms with van der Waals surface area (Å²) in [5, 5.41) is 11.4. The van der Waals surface area contributed by atoms with Crippen molar-refractivity contribution < 1.29 is 9.66 Å². The van der Waals surface area contributed by atoms with Gasteiger partial charge in [0.15, 0.2) is 11.8 Å². The summed E-state index contributed by atoms with van der Waals surface area (Å²) >= 11 is 0. The van der Waals surface area contributed by atoms with E-state index in [0.29, 0.717) is 0 Å². The average molecular weight is 575 g/mol. The number of nitro benzene ring substituents is 1. The molecule has 5 heteroatoms. The largest absolute Gasteiger partial charge is 0.330 e. The van der Waals surface area contributed by atoms with Gasteiger partial charge in [0.1, 0.15) is 0 Å². The molecule has 0 aromatic heterocycles. The Bertz CT molecular complexity index is 1910. The highest BCUT2D eigenvalue weighted by molar-refractivity contribution is 6.32. The monoisotopic (exact) mass is 574 g/mol. The van der Waals surface area contributed by atoms with Crippen LogP contribution in [0.5, 0.6) is 0 Å². The molecule has 1 aliphatic heterocycles. The Morgan fingerprint density at radius 3 is 1.64 bits per heavy atom. The molecule has 5 aromatic rings. The van der Waals surface area contributed by atoms with Crippen LogP contribution >= 0.6 is 0 Å². The SMILES string of the molecule is CCC1=C(c2ccccc2)C(c2ccccc2)=C(c2ccccc2)[C@@]12O[C@H](c1ccc([N+](=O)[O-])cc1)N=C2c1ccccc1. The van der Waals surface area contributed by atoms with E-state index >= 15 is 0 Å². The molecule has 1 aliphatic carbocycles. The molecule has 44 heavy (non-hydrogen) atoms. The Hall–Kier alpha value is -5.39. The minimum atomic E-state index is -1.01. The van der Waals surface area contributed by atoms with E-state index in [0.717, 1.165) is 62.2 Å². The molecule has 214 valence electrons. The summed E-state index contributed by atoms with van der Waals surface area (Å²) in [5.74, 6) is 0. The molecular weight excluding hydrogens is 544 g/mol. The van der Waals surface area contributed by atoms with Crippen molar-refractivity contribution in [1.82, 2.24) is 0 Å². The van der Waals surface area contributed by atoms with E-state index in [1.807, 2.05) is 36.4 Å². The predicted octanol–water partition coefficient (Wildman–Crippen LogP) is 9.34. The Morgan fingerprint density at radius 1 is 0.659 bits per heavy atom. The fourth-order valence-corrected chi connectivity index (χ4v) is 6.60. The molecule has 5 aromatic carbocycles. The second-order valence-corrected chi connectivity index (χ2v) is 10.9. The molecule has 0 saturated carbocycles. The Kier molecular flexibility index (Phi) is 7.09. The first-order chi connectivity index (χ1) is 21.6. The molecule has 0 bridgehead atoms. The molecule has 0 unspecified atom stereocenters. The molecule has 0 saturated heterocycles. The third-order valence-corrected chi connectivity index (χ3v) is 8.42. The van der Waals surface area contributed by atoms with Crippen LogP contribution in [0.15, 0.2) is 156 Å². The minimum absolute atomic E-state index is 0.0336. The van der Waals surface area contributed by atoms with Crippen LogP contribution in [0.3, 0.4) is 0 Å². The van der Waals surface area contributed by atoms with Gasteiger partial charge in [-0.15, -0.1) is 0 Å². The van der Waals surface area contributed by atoms with Crippen LogP contribution in [0.2, 0.25) is 0 Å². The smallest absolute Gasteiger partial charge is 0.269 e. The van der Waals surface area contributed by atoms with Crippen molar-refractivity contribution in [3.63, 3.8) is 0 Å². The summed E-state index contributed by atoms with van der Waals surface area (Å²) in [6.07, 6.45) is 0.0499. The molecule has 0 fully saturated rings. The molecule has 5 nitrogen and oxygen atoms in total. The van der Waals surface area contributed by atoms with Crippen molar-refractivity contribution in [2.45, 2.75) is 25.2 Å². The zero-order chi connectivity index (χ0) is 30.1. The van der Waals surface area contributed by atoms with E-state index in [9.17, 15) is 10.1 Å². The van der Waals surface area contributed by atoms with Crippen molar-refractivity contribution in [3.05, 3.63) is 189 Å². The number of aliphatic imine (C=N–C) groups is 1. The first-order valence-corrected chi connectivity index (χ1v) is 14.8. The van der Waals surface area contributed by atoms with Crippen LogP contribution in [0.25, 0.3) is 16.7 Å². The maximum atomic E-state index is 11.4. The second kappa shape index (κ2) is 11.4. The third-order valence-electron chi connectivity index (χ3n) is 8.42. The van der Waals surface area contributed by atoms with Gasteiger partial charge in [0.05, 0.1) is 10.6 Å². The van der Waals surface area contributed by atoms with Gasteiger partial charge in [-0.3, -0.25) is 10.1 Å². The summed E-state index contributed by atoms with van der Waals surface area (Å²) in [4.78, 5) is 16.4. The van der Waals surface area contributed by atoms with E-state index in [4.69, 9.17) is 9.73 Å². The molecule has 0 radical (unpaired) electrons.